The molecule has 2 saturated heterocycles. The molecule has 1 aromatic heterocycles. The first-order valence-electron chi connectivity index (χ1n) is 10.0. The van der Waals surface area contributed by atoms with Gasteiger partial charge in [0, 0.05) is 36.7 Å². The molecule has 0 aliphatic carbocycles. The Kier molecular flexibility index (Phi) is 4.91. The van der Waals surface area contributed by atoms with Crippen molar-refractivity contribution in [3.63, 3.8) is 0 Å². The molecule has 150 valence electrons. The number of hydrogen-bond donors (Lipinski definition) is 0. The van der Waals surface area contributed by atoms with Gasteiger partial charge in [-0.25, -0.2) is 4.79 Å². The number of rotatable bonds is 3. The van der Waals surface area contributed by atoms with Crippen molar-refractivity contribution in [3.8, 4) is 5.75 Å². The third kappa shape index (κ3) is 3.41. The average molecular weight is 385 g/mol. The molecule has 2 aliphatic rings. The number of ether oxygens (including phenoxy) is 2. The van der Waals surface area contributed by atoms with Crippen molar-refractivity contribution in [2.45, 2.75) is 58.2 Å². The highest BCUT2D eigenvalue weighted by Gasteiger charge is 2.40. The zero-order valence-corrected chi connectivity index (χ0v) is 16.7. The highest BCUT2D eigenvalue weighted by Crippen LogP contribution is 2.35. The van der Waals surface area contributed by atoms with E-state index >= 15 is 0 Å². The van der Waals surface area contributed by atoms with Crippen molar-refractivity contribution < 1.29 is 18.7 Å². The van der Waals surface area contributed by atoms with Crippen LogP contribution in [0.1, 0.15) is 43.7 Å². The summed E-state index contributed by atoms with van der Waals surface area (Å²) in [7, 11) is 0. The van der Waals surface area contributed by atoms with E-state index in [0.717, 1.165) is 43.2 Å². The largest absolute Gasteiger partial charge is 0.481 e. The molecule has 1 aromatic carbocycles. The average Bonchev–Trinajstić information content (AvgIpc) is 3.14. The molecule has 1 unspecified atom stereocenters. The van der Waals surface area contributed by atoms with E-state index in [-0.39, 0.29) is 17.1 Å². The normalized spacial score (nSPS) is 19.9. The van der Waals surface area contributed by atoms with Crippen LogP contribution in [-0.2, 0) is 9.53 Å². The molecule has 1 spiro atoms. The van der Waals surface area contributed by atoms with Gasteiger partial charge in [0.2, 0.25) is 0 Å². The number of carbonyl (C=O) groups excluding carboxylic acids is 1. The zero-order chi connectivity index (χ0) is 19.9. The van der Waals surface area contributed by atoms with E-state index in [0.29, 0.717) is 30.0 Å². The first-order chi connectivity index (χ1) is 13.4. The molecule has 3 heterocycles. The van der Waals surface area contributed by atoms with Gasteiger partial charge >= 0.3 is 5.63 Å². The van der Waals surface area contributed by atoms with Gasteiger partial charge in [-0.1, -0.05) is 0 Å². The Labute approximate surface area is 164 Å². The van der Waals surface area contributed by atoms with Crippen LogP contribution in [0.4, 0.5) is 0 Å². The number of carbonyl (C=O) groups is 1. The molecule has 6 heteroatoms. The third-order valence-electron chi connectivity index (χ3n) is 6.26. The first-order valence-corrected chi connectivity index (χ1v) is 10.0. The van der Waals surface area contributed by atoms with E-state index in [9.17, 15) is 9.59 Å². The number of fused-ring (bicyclic) bond motifs is 1. The molecule has 2 fully saturated rings. The molecule has 1 atom stereocenters. The van der Waals surface area contributed by atoms with Crippen molar-refractivity contribution in [2.24, 2.45) is 0 Å². The lowest BCUT2D eigenvalue weighted by Gasteiger charge is -2.39. The zero-order valence-electron chi connectivity index (χ0n) is 16.7. The second kappa shape index (κ2) is 7.24. The lowest BCUT2D eigenvalue weighted by Crippen LogP contribution is -2.49. The Morgan fingerprint density at radius 1 is 1.18 bits per heavy atom. The second-order valence-corrected chi connectivity index (χ2v) is 8.02. The maximum Gasteiger partial charge on any atom is 0.339 e. The van der Waals surface area contributed by atoms with Crippen molar-refractivity contribution in [2.75, 3.05) is 19.7 Å². The monoisotopic (exact) mass is 385 g/mol. The highest BCUT2D eigenvalue weighted by molar-refractivity contribution is 5.83. The maximum atomic E-state index is 12.8. The molecule has 0 bridgehead atoms. The summed E-state index contributed by atoms with van der Waals surface area (Å²) in [4.78, 5) is 26.6. The Hall–Kier alpha value is -2.34. The summed E-state index contributed by atoms with van der Waals surface area (Å²) in [6.07, 6.45) is 3.40. The number of hydrogen-bond acceptors (Lipinski definition) is 5. The van der Waals surface area contributed by atoms with Crippen LogP contribution in [0.5, 0.6) is 5.75 Å². The fraction of sp³-hybridized carbons (Fsp3) is 0.545. The van der Waals surface area contributed by atoms with Crippen molar-refractivity contribution in [1.29, 1.82) is 0 Å². The minimum Gasteiger partial charge on any atom is -0.481 e. The predicted molar refractivity (Wildman–Crippen MR) is 106 cm³/mol. The van der Waals surface area contributed by atoms with E-state index in [1.807, 2.05) is 24.0 Å². The topological polar surface area (TPSA) is 69.0 Å². The van der Waals surface area contributed by atoms with Gasteiger partial charge in [0.15, 0.2) is 6.10 Å². The lowest BCUT2D eigenvalue weighted by atomic mass is 9.88. The van der Waals surface area contributed by atoms with Crippen LogP contribution in [-0.4, -0.2) is 42.2 Å². The summed E-state index contributed by atoms with van der Waals surface area (Å²) in [6.45, 7) is 7.67. The molecule has 1 amide bonds. The standard InChI is InChI=1S/C22H27NO5/c1-14-15(2)21(25)28-19-13-17(5-6-18(14)19)27-16(3)20(24)23-10-8-22(9-11-23)7-4-12-26-22/h5-6,13,16H,4,7-12H2,1-3H3. The van der Waals surface area contributed by atoms with Crippen LogP contribution in [0, 0.1) is 13.8 Å². The highest BCUT2D eigenvalue weighted by atomic mass is 16.5. The van der Waals surface area contributed by atoms with Crippen molar-refractivity contribution in [3.05, 3.63) is 39.7 Å². The van der Waals surface area contributed by atoms with Crippen LogP contribution in [0.2, 0.25) is 0 Å². The number of amides is 1. The Bertz CT molecular complexity index is 947. The quantitative estimate of drug-likeness (QED) is 0.758. The van der Waals surface area contributed by atoms with Crippen LogP contribution < -0.4 is 10.4 Å². The minimum atomic E-state index is -0.603. The molecular formula is C22H27NO5. The fourth-order valence-electron chi connectivity index (χ4n) is 4.30. The van der Waals surface area contributed by atoms with Gasteiger partial charge in [0.05, 0.1) is 5.60 Å². The molecule has 6 nitrogen and oxygen atoms in total. The predicted octanol–water partition coefficient (Wildman–Crippen LogP) is 3.35. The summed E-state index contributed by atoms with van der Waals surface area (Å²) in [6, 6.07) is 5.37. The molecule has 2 aromatic rings. The number of benzene rings is 1. The van der Waals surface area contributed by atoms with Crippen LogP contribution in [0.25, 0.3) is 11.0 Å². The number of piperidine rings is 1. The summed E-state index contributed by atoms with van der Waals surface area (Å²) in [5, 5.41) is 0.876. The van der Waals surface area contributed by atoms with Crippen LogP contribution >= 0.6 is 0 Å². The first kappa shape index (κ1) is 19.0. The van der Waals surface area contributed by atoms with Gasteiger partial charge in [-0.3, -0.25) is 4.79 Å². The van der Waals surface area contributed by atoms with Gasteiger partial charge in [-0.05, 0) is 64.2 Å². The summed E-state index contributed by atoms with van der Waals surface area (Å²) < 4.78 is 17.2. The number of nitrogens with zero attached hydrogens (tertiary/aromatic N) is 1. The maximum absolute atomic E-state index is 12.8. The van der Waals surface area contributed by atoms with Gasteiger partial charge in [-0.2, -0.15) is 0 Å². The van der Waals surface area contributed by atoms with E-state index in [4.69, 9.17) is 13.9 Å². The van der Waals surface area contributed by atoms with E-state index in [1.165, 1.54) is 0 Å². The van der Waals surface area contributed by atoms with Crippen molar-refractivity contribution in [1.82, 2.24) is 4.90 Å². The minimum absolute atomic E-state index is 0.00719. The molecule has 2 aliphatic heterocycles. The number of likely N-dealkylation sites (tertiary alicyclic amines) is 1. The fourth-order valence-corrected chi connectivity index (χ4v) is 4.30. The number of aryl methyl sites for hydroxylation is 1. The Morgan fingerprint density at radius 2 is 1.93 bits per heavy atom. The third-order valence-corrected chi connectivity index (χ3v) is 6.26. The summed E-state index contributed by atoms with van der Waals surface area (Å²) in [5.41, 5.74) is 1.63. The van der Waals surface area contributed by atoms with Gasteiger partial charge in [-0.15, -0.1) is 0 Å². The molecule has 0 radical (unpaired) electrons. The van der Waals surface area contributed by atoms with Gasteiger partial charge in [0.25, 0.3) is 5.91 Å². The Morgan fingerprint density at radius 3 is 2.61 bits per heavy atom. The van der Waals surface area contributed by atoms with Crippen LogP contribution in [0.3, 0.4) is 0 Å². The second-order valence-electron chi connectivity index (χ2n) is 8.02. The van der Waals surface area contributed by atoms with Gasteiger partial charge in [0.1, 0.15) is 11.3 Å². The molecule has 0 N–H and O–H groups in total. The smallest absolute Gasteiger partial charge is 0.339 e. The Balaban J connectivity index is 1.44. The van der Waals surface area contributed by atoms with E-state index in [1.54, 1.807) is 19.9 Å². The van der Waals surface area contributed by atoms with E-state index in [2.05, 4.69) is 0 Å². The summed E-state index contributed by atoms with van der Waals surface area (Å²) >= 11 is 0. The molecular weight excluding hydrogens is 358 g/mol. The SMILES string of the molecule is Cc1c(C)c2ccc(OC(C)C(=O)N3CCC4(CCCO4)CC3)cc2oc1=O. The van der Waals surface area contributed by atoms with Gasteiger partial charge < -0.3 is 18.8 Å². The molecule has 28 heavy (non-hydrogen) atoms. The summed E-state index contributed by atoms with van der Waals surface area (Å²) in [5.74, 6) is 0.502. The molecule has 4 rings (SSSR count). The van der Waals surface area contributed by atoms with Crippen molar-refractivity contribution >= 4 is 16.9 Å². The lowest BCUT2D eigenvalue weighted by molar-refractivity contribution is -0.142. The van der Waals surface area contributed by atoms with Crippen LogP contribution in [0.15, 0.2) is 27.4 Å². The molecule has 0 saturated carbocycles. The van der Waals surface area contributed by atoms with E-state index < -0.39 is 6.10 Å².